The Kier molecular flexibility index (Phi) is 4.92. The number of aliphatic hydroxyl groups is 1. The van der Waals surface area contributed by atoms with Gasteiger partial charge in [0.2, 0.25) is 0 Å². The summed E-state index contributed by atoms with van der Waals surface area (Å²) in [6.07, 6.45) is 0.834. The normalized spacial score (nSPS) is 17.0. The van der Waals surface area contributed by atoms with Crippen LogP contribution in [0, 0.1) is 5.82 Å². The molecule has 3 N–H and O–H groups in total. The number of hydrogen-bond donors (Lipinski definition) is 2. The molecule has 0 saturated carbocycles. The molecule has 6 heteroatoms. The topological polar surface area (TPSA) is 69.8 Å². The number of anilines is 1. The molecule has 1 aliphatic heterocycles. The molecule has 20 heavy (non-hydrogen) atoms. The molecule has 0 bridgehead atoms. The largest absolute Gasteiger partial charge is 0.398 e. The van der Waals surface area contributed by atoms with Crippen molar-refractivity contribution in [3.05, 3.63) is 29.6 Å². The number of nitrogens with zero attached hydrogens (tertiary/aromatic N) is 2. The molecule has 0 spiro atoms. The number of β-amino-alcohol motifs (C(OH)–C–C–N with tert-alkyl or cyclic N) is 1. The van der Waals surface area contributed by atoms with Gasteiger partial charge >= 0.3 is 0 Å². The molecule has 2 rings (SSSR count). The molecular weight excluding hydrogens is 261 g/mol. The molecule has 110 valence electrons. The van der Waals surface area contributed by atoms with Crippen molar-refractivity contribution in [3.63, 3.8) is 0 Å². The fourth-order valence-electron chi connectivity index (χ4n) is 2.42. The third kappa shape index (κ3) is 3.46. The van der Waals surface area contributed by atoms with E-state index in [1.165, 1.54) is 18.2 Å². The fraction of sp³-hybridized carbons (Fsp3) is 0.500. The van der Waals surface area contributed by atoms with E-state index < -0.39 is 5.82 Å². The maximum atomic E-state index is 13.3. The van der Waals surface area contributed by atoms with Gasteiger partial charge in [0.05, 0.1) is 12.2 Å². The second-order valence-electron chi connectivity index (χ2n) is 4.94. The van der Waals surface area contributed by atoms with Crippen molar-refractivity contribution in [1.82, 2.24) is 9.80 Å². The zero-order chi connectivity index (χ0) is 14.5. The molecule has 1 fully saturated rings. The van der Waals surface area contributed by atoms with Crippen molar-refractivity contribution in [2.75, 3.05) is 45.1 Å². The van der Waals surface area contributed by atoms with Gasteiger partial charge in [-0.25, -0.2) is 4.39 Å². The predicted octanol–water partition coefficient (Wildman–Crippen LogP) is 0.548. The molecule has 5 nitrogen and oxygen atoms in total. The van der Waals surface area contributed by atoms with Gasteiger partial charge in [-0.2, -0.15) is 0 Å². The maximum absolute atomic E-state index is 13.3. The fourth-order valence-corrected chi connectivity index (χ4v) is 2.42. The number of nitrogen functional groups attached to an aromatic ring is 1. The van der Waals surface area contributed by atoms with Crippen molar-refractivity contribution in [2.24, 2.45) is 0 Å². The smallest absolute Gasteiger partial charge is 0.256 e. The van der Waals surface area contributed by atoms with E-state index in [2.05, 4.69) is 4.90 Å². The number of amides is 1. The van der Waals surface area contributed by atoms with Crippen LogP contribution >= 0.6 is 0 Å². The molecule has 0 atom stereocenters. The second kappa shape index (κ2) is 6.67. The summed E-state index contributed by atoms with van der Waals surface area (Å²) in [5, 5.41) is 8.95. The molecule has 1 amide bonds. The van der Waals surface area contributed by atoms with Crippen LogP contribution < -0.4 is 5.73 Å². The first-order chi connectivity index (χ1) is 9.61. The Morgan fingerprint density at radius 2 is 2.10 bits per heavy atom. The summed E-state index contributed by atoms with van der Waals surface area (Å²) in [7, 11) is 0. The standard InChI is InChI=1S/C14H20FN3O2/c15-11-2-3-13(16)12(10-11)14(20)18-5-1-4-17(6-7-18)8-9-19/h2-3,10,19H,1,4-9,16H2. The average molecular weight is 281 g/mol. The van der Waals surface area contributed by atoms with Gasteiger partial charge in [-0.3, -0.25) is 9.69 Å². The lowest BCUT2D eigenvalue weighted by atomic mass is 10.1. The zero-order valence-electron chi connectivity index (χ0n) is 11.4. The van der Waals surface area contributed by atoms with Gasteiger partial charge in [0.25, 0.3) is 5.91 Å². The van der Waals surface area contributed by atoms with Crippen LogP contribution in [0.25, 0.3) is 0 Å². The first-order valence-electron chi connectivity index (χ1n) is 6.79. The number of carbonyl (C=O) groups excluding carboxylic acids is 1. The number of halogens is 1. The number of nitrogens with two attached hydrogens (primary N) is 1. The van der Waals surface area contributed by atoms with Crippen LogP contribution in [0.3, 0.4) is 0 Å². The van der Waals surface area contributed by atoms with Crippen LogP contribution in [-0.4, -0.2) is 60.1 Å². The van der Waals surface area contributed by atoms with E-state index in [0.29, 0.717) is 31.9 Å². The molecular formula is C14H20FN3O2. The highest BCUT2D eigenvalue weighted by Gasteiger charge is 2.21. The minimum atomic E-state index is -0.459. The second-order valence-corrected chi connectivity index (χ2v) is 4.94. The monoisotopic (exact) mass is 281 g/mol. The number of rotatable bonds is 3. The molecule has 1 aromatic rings. The van der Waals surface area contributed by atoms with Crippen molar-refractivity contribution in [3.8, 4) is 0 Å². The van der Waals surface area contributed by atoms with E-state index >= 15 is 0 Å². The van der Waals surface area contributed by atoms with Crippen molar-refractivity contribution in [1.29, 1.82) is 0 Å². The minimum absolute atomic E-state index is 0.116. The van der Waals surface area contributed by atoms with Gasteiger partial charge in [0.1, 0.15) is 5.82 Å². The van der Waals surface area contributed by atoms with Gasteiger partial charge < -0.3 is 15.7 Å². The third-order valence-corrected chi connectivity index (χ3v) is 3.54. The summed E-state index contributed by atoms with van der Waals surface area (Å²) in [5.74, 6) is -0.688. The molecule has 0 aliphatic carbocycles. The Hall–Kier alpha value is -1.66. The van der Waals surface area contributed by atoms with E-state index in [1.807, 2.05) is 0 Å². The highest BCUT2D eigenvalue weighted by atomic mass is 19.1. The van der Waals surface area contributed by atoms with Gasteiger partial charge in [-0.15, -0.1) is 0 Å². The molecule has 0 radical (unpaired) electrons. The molecule has 1 saturated heterocycles. The molecule has 0 aromatic heterocycles. The van der Waals surface area contributed by atoms with Gasteiger partial charge in [0.15, 0.2) is 0 Å². The molecule has 1 aliphatic rings. The van der Waals surface area contributed by atoms with Crippen LogP contribution in [0.15, 0.2) is 18.2 Å². The van der Waals surface area contributed by atoms with Crippen molar-refractivity contribution >= 4 is 11.6 Å². The van der Waals surface area contributed by atoms with Crippen LogP contribution in [0.2, 0.25) is 0 Å². The van der Waals surface area contributed by atoms with E-state index in [-0.39, 0.29) is 18.1 Å². The predicted molar refractivity (Wildman–Crippen MR) is 74.9 cm³/mol. The zero-order valence-corrected chi connectivity index (χ0v) is 11.4. The minimum Gasteiger partial charge on any atom is -0.398 e. The lowest BCUT2D eigenvalue weighted by molar-refractivity contribution is 0.0761. The molecule has 1 aromatic carbocycles. The summed E-state index contributed by atoms with van der Waals surface area (Å²) in [6, 6.07) is 3.85. The first-order valence-corrected chi connectivity index (χ1v) is 6.79. The highest BCUT2D eigenvalue weighted by molar-refractivity contribution is 5.99. The van der Waals surface area contributed by atoms with Gasteiger partial charge in [-0.1, -0.05) is 0 Å². The van der Waals surface area contributed by atoms with Crippen LogP contribution in [0.1, 0.15) is 16.8 Å². The Labute approximate surface area is 117 Å². The summed E-state index contributed by atoms with van der Waals surface area (Å²) in [5.41, 5.74) is 6.28. The number of hydrogen-bond acceptors (Lipinski definition) is 4. The van der Waals surface area contributed by atoms with Crippen LogP contribution in [0.5, 0.6) is 0 Å². The summed E-state index contributed by atoms with van der Waals surface area (Å²) in [6.45, 7) is 3.48. The van der Waals surface area contributed by atoms with Crippen molar-refractivity contribution < 1.29 is 14.3 Å². The summed E-state index contributed by atoms with van der Waals surface area (Å²) >= 11 is 0. The molecule has 1 heterocycles. The van der Waals surface area contributed by atoms with Crippen LogP contribution in [0.4, 0.5) is 10.1 Å². The Morgan fingerprint density at radius 1 is 1.30 bits per heavy atom. The molecule has 0 unspecified atom stereocenters. The lowest BCUT2D eigenvalue weighted by Crippen LogP contribution is -2.36. The van der Waals surface area contributed by atoms with E-state index in [9.17, 15) is 9.18 Å². The summed E-state index contributed by atoms with van der Waals surface area (Å²) < 4.78 is 13.3. The average Bonchev–Trinajstić information content (AvgIpc) is 2.67. The number of benzene rings is 1. The van der Waals surface area contributed by atoms with E-state index in [4.69, 9.17) is 10.8 Å². The maximum Gasteiger partial charge on any atom is 0.256 e. The quantitative estimate of drug-likeness (QED) is 0.794. The van der Waals surface area contributed by atoms with E-state index in [0.717, 1.165) is 13.0 Å². The lowest BCUT2D eigenvalue weighted by Gasteiger charge is -2.22. The SMILES string of the molecule is Nc1ccc(F)cc1C(=O)N1CCCN(CCO)CC1. The van der Waals surface area contributed by atoms with E-state index in [1.54, 1.807) is 4.90 Å². The summed E-state index contributed by atoms with van der Waals surface area (Å²) in [4.78, 5) is 16.2. The van der Waals surface area contributed by atoms with Crippen LogP contribution in [-0.2, 0) is 0 Å². The van der Waals surface area contributed by atoms with Crippen molar-refractivity contribution in [2.45, 2.75) is 6.42 Å². The highest BCUT2D eigenvalue weighted by Crippen LogP contribution is 2.17. The number of carbonyl (C=O) groups is 1. The third-order valence-electron chi connectivity index (χ3n) is 3.54. The Morgan fingerprint density at radius 3 is 2.85 bits per heavy atom. The Bertz CT molecular complexity index is 481. The first kappa shape index (κ1) is 14.7. The van der Waals surface area contributed by atoms with Gasteiger partial charge in [0, 0.05) is 31.9 Å². The number of aliphatic hydroxyl groups excluding tert-OH is 1. The van der Waals surface area contributed by atoms with Gasteiger partial charge in [-0.05, 0) is 31.2 Å². The Balaban J connectivity index is 2.07.